The normalized spacial score (nSPS) is 25.6. The highest BCUT2D eigenvalue weighted by Gasteiger charge is 2.37. The maximum absolute atomic E-state index is 4.77. The summed E-state index contributed by atoms with van der Waals surface area (Å²) in [6.45, 7) is 9.83. The number of hydrogen-bond donors (Lipinski definition) is 1. The second kappa shape index (κ2) is 3.87. The summed E-state index contributed by atoms with van der Waals surface area (Å²) in [6, 6.07) is 0. The molecule has 0 aliphatic heterocycles. The minimum Gasteiger partial charge on any atom is -0.307 e. The highest BCUT2D eigenvalue weighted by molar-refractivity contribution is 7.09. The molecule has 1 aromatic rings. The molecule has 0 saturated heterocycles. The van der Waals surface area contributed by atoms with Crippen LogP contribution in [0.1, 0.15) is 50.7 Å². The van der Waals surface area contributed by atoms with Gasteiger partial charge in [-0.1, -0.05) is 13.8 Å². The third kappa shape index (κ3) is 2.23. The van der Waals surface area contributed by atoms with Crippen LogP contribution >= 0.6 is 11.3 Å². The van der Waals surface area contributed by atoms with Crippen LogP contribution in [0.4, 0.5) is 0 Å². The molecule has 1 aromatic heterocycles. The van der Waals surface area contributed by atoms with E-state index in [4.69, 9.17) is 4.98 Å². The fourth-order valence-corrected chi connectivity index (χ4v) is 3.18. The van der Waals surface area contributed by atoms with Gasteiger partial charge in [0.2, 0.25) is 0 Å². The van der Waals surface area contributed by atoms with Crippen molar-refractivity contribution in [3.05, 3.63) is 16.1 Å². The second-order valence-electron chi connectivity index (χ2n) is 5.05. The van der Waals surface area contributed by atoms with Crippen LogP contribution in [0.2, 0.25) is 0 Å². The first-order valence-corrected chi connectivity index (χ1v) is 6.63. The van der Waals surface area contributed by atoms with Gasteiger partial charge >= 0.3 is 0 Å². The Balaban J connectivity index is 2.12. The van der Waals surface area contributed by atoms with Gasteiger partial charge in [-0.05, 0) is 32.7 Å². The number of aromatic nitrogens is 1. The highest BCUT2D eigenvalue weighted by Crippen LogP contribution is 2.48. The van der Waals surface area contributed by atoms with E-state index in [1.165, 1.54) is 17.1 Å². The maximum Gasteiger partial charge on any atom is 0.0962 e. The molecule has 15 heavy (non-hydrogen) atoms. The van der Waals surface area contributed by atoms with Gasteiger partial charge in [-0.25, -0.2) is 4.98 Å². The van der Waals surface area contributed by atoms with E-state index >= 15 is 0 Å². The fraction of sp³-hybridized carbons (Fsp3) is 0.750. The molecule has 3 heteroatoms. The van der Waals surface area contributed by atoms with Crippen molar-refractivity contribution in [1.29, 1.82) is 0 Å². The largest absolute Gasteiger partial charge is 0.307 e. The minimum absolute atomic E-state index is 0.0155. The summed E-state index contributed by atoms with van der Waals surface area (Å²) in [4.78, 5) is 4.77. The smallest absolute Gasteiger partial charge is 0.0962 e. The Morgan fingerprint density at radius 1 is 1.60 bits per heavy atom. The average Bonchev–Trinajstić information content (AvgIpc) is 2.70. The third-order valence-electron chi connectivity index (χ3n) is 3.21. The van der Waals surface area contributed by atoms with Crippen molar-refractivity contribution >= 4 is 11.3 Å². The summed E-state index contributed by atoms with van der Waals surface area (Å²) in [5.41, 5.74) is 1.21. The van der Waals surface area contributed by atoms with Gasteiger partial charge in [-0.3, -0.25) is 0 Å². The third-order valence-corrected chi connectivity index (χ3v) is 4.18. The zero-order valence-corrected chi connectivity index (χ0v) is 10.8. The van der Waals surface area contributed by atoms with Gasteiger partial charge in [0.05, 0.1) is 16.2 Å². The van der Waals surface area contributed by atoms with Crippen molar-refractivity contribution in [3.8, 4) is 0 Å². The lowest BCUT2D eigenvalue weighted by atomic mass is 10.0. The molecule has 1 heterocycles. The van der Waals surface area contributed by atoms with Gasteiger partial charge in [0, 0.05) is 11.3 Å². The Labute approximate surface area is 96.1 Å². The van der Waals surface area contributed by atoms with E-state index in [0.717, 1.165) is 18.4 Å². The van der Waals surface area contributed by atoms with Crippen molar-refractivity contribution < 1.29 is 0 Å². The molecule has 2 unspecified atom stereocenters. The van der Waals surface area contributed by atoms with E-state index in [2.05, 4.69) is 38.4 Å². The summed E-state index contributed by atoms with van der Waals surface area (Å²) in [6.07, 6.45) is 1.33. The molecule has 1 N–H and O–H groups in total. The summed E-state index contributed by atoms with van der Waals surface area (Å²) in [7, 11) is 0. The predicted octanol–water partition coefficient (Wildman–Crippen LogP) is 3.11. The number of rotatable bonds is 4. The zero-order valence-electron chi connectivity index (χ0n) is 10.0. The van der Waals surface area contributed by atoms with Crippen LogP contribution in [-0.4, -0.2) is 11.5 Å². The number of hydrogen-bond acceptors (Lipinski definition) is 3. The zero-order chi connectivity index (χ0) is 11.1. The van der Waals surface area contributed by atoms with Gasteiger partial charge in [-0.2, -0.15) is 0 Å². The molecule has 1 aliphatic rings. The summed E-state index contributed by atoms with van der Waals surface area (Å²) >= 11 is 1.83. The molecule has 0 aromatic carbocycles. The second-order valence-corrected chi connectivity index (χ2v) is 5.94. The molecule has 0 spiro atoms. The van der Waals surface area contributed by atoms with Crippen LogP contribution in [0.3, 0.4) is 0 Å². The van der Waals surface area contributed by atoms with E-state index in [9.17, 15) is 0 Å². The Bertz CT molecular complexity index is 343. The maximum atomic E-state index is 4.77. The number of thiazole rings is 1. The minimum atomic E-state index is 0.0155. The molecule has 0 bridgehead atoms. The molecule has 84 valence electrons. The lowest BCUT2D eigenvalue weighted by Gasteiger charge is -2.23. The van der Waals surface area contributed by atoms with Crippen molar-refractivity contribution in [2.45, 2.75) is 45.6 Å². The van der Waals surface area contributed by atoms with E-state index in [1.807, 2.05) is 11.3 Å². The quantitative estimate of drug-likeness (QED) is 0.850. The van der Waals surface area contributed by atoms with Gasteiger partial charge in [0.1, 0.15) is 0 Å². The van der Waals surface area contributed by atoms with Crippen LogP contribution in [0.5, 0.6) is 0 Å². The Kier molecular flexibility index (Phi) is 2.86. The van der Waals surface area contributed by atoms with Crippen molar-refractivity contribution in [2.75, 3.05) is 6.54 Å². The molecule has 0 radical (unpaired) electrons. The molecule has 2 atom stereocenters. The molecule has 0 amide bonds. The molecule has 2 nitrogen and oxygen atoms in total. The van der Waals surface area contributed by atoms with E-state index in [-0.39, 0.29) is 5.54 Å². The first kappa shape index (κ1) is 11.1. The van der Waals surface area contributed by atoms with Crippen molar-refractivity contribution in [1.82, 2.24) is 10.3 Å². The molecular weight excluding hydrogens is 204 g/mol. The van der Waals surface area contributed by atoms with Crippen LogP contribution < -0.4 is 5.32 Å². The Morgan fingerprint density at radius 3 is 2.80 bits per heavy atom. The first-order valence-electron chi connectivity index (χ1n) is 5.75. The molecule has 2 rings (SSSR count). The van der Waals surface area contributed by atoms with Gasteiger partial charge in [-0.15, -0.1) is 11.3 Å². The first-order chi connectivity index (χ1) is 7.04. The standard InChI is InChI=1S/C12H20N2S/c1-5-13-12(3,4)10-7-15-11(14-10)9-6-8(9)2/h7-9,13H,5-6H2,1-4H3. The van der Waals surface area contributed by atoms with Crippen LogP contribution in [0, 0.1) is 5.92 Å². The van der Waals surface area contributed by atoms with E-state index in [1.54, 1.807) is 0 Å². The highest BCUT2D eigenvalue weighted by atomic mass is 32.1. The topological polar surface area (TPSA) is 24.9 Å². The Morgan fingerprint density at radius 2 is 2.27 bits per heavy atom. The molecule has 1 aliphatic carbocycles. The lowest BCUT2D eigenvalue weighted by Crippen LogP contribution is -2.36. The van der Waals surface area contributed by atoms with Gasteiger partial charge in [0.15, 0.2) is 0 Å². The van der Waals surface area contributed by atoms with E-state index in [0.29, 0.717) is 0 Å². The molecular formula is C12H20N2S. The summed E-state index contributed by atoms with van der Waals surface area (Å²) in [5, 5.41) is 7.01. The predicted molar refractivity (Wildman–Crippen MR) is 65.3 cm³/mol. The van der Waals surface area contributed by atoms with Crippen LogP contribution in [0.25, 0.3) is 0 Å². The van der Waals surface area contributed by atoms with Crippen molar-refractivity contribution in [3.63, 3.8) is 0 Å². The summed E-state index contributed by atoms with van der Waals surface area (Å²) < 4.78 is 0. The van der Waals surface area contributed by atoms with Gasteiger partial charge in [0.25, 0.3) is 0 Å². The Hall–Kier alpha value is -0.410. The van der Waals surface area contributed by atoms with Gasteiger partial charge < -0.3 is 5.32 Å². The molecule has 1 saturated carbocycles. The lowest BCUT2D eigenvalue weighted by molar-refractivity contribution is 0.405. The number of nitrogens with one attached hydrogen (secondary N) is 1. The van der Waals surface area contributed by atoms with E-state index < -0.39 is 0 Å². The number of nitrogens with zero attached hydrogens (tertiary/aromatic N) is 1. The SMILES string of the molecule is CCNC(C)(C)c1csc(C2CC2C)n1. The fourth-order valence-electron chi connectivity index (χ4n) is 1.94. The van der Waals surface area contributed by atoms with Crippen LogP contribution in [-0.2, 0) is 5.54 Å². The summed E-state index contributed by atoms with van der Waals surface area (Å²) in [5.74, 6) is 1.60. The van der Waals surface area contributed by atoms with Crippen LogP contribution in [0.15, 0.2) is 5.38 Å². The molecule has 1 fully saturated rings. The van der Waals surface area contributed by atoms with Crippen molar-refractivity contribution in [2.24, 2.45) is 5.92 Å². The average molecular weight is 224 g/mol. The monoisotopic (exact) mass is 224 g/mol.